The molecule has 0 spiro atoms. The highest BCUT2D eigenvalue weighted by molar-refractivity contribution is 7.99. The number of imidazole rings is 1. The number of carbonyl (C=O) groups is 1. The van der Waals surface area contributed by atoms with Crippen LogP contribution in [0.3, 0.4) is 0 Å². The van der Waals surface area contributed by atoms with Gasteiger partial charge in [-0.05, 0) is 12.1 Å². The Hall–Kier alpha value is -1.53. The molecule has 1 saturated heterocycles. The number of nitrogens with one attached hydrogen (secondary N) is 2. The van der Waals surface area contributed by atoms with Crippen LogP contribution in [-0.2, 0) is 11.2 Å². The number of nitrogens with zero attached hydrogens (tertiary/aromatic N) is 2. The minimum absolute atomic E-state index is 0.124. The van der Waals surface area contributed by atoms with Crippen molar-refractivity contribution in [3.63, 3.8) is 0 Å². The molecule has 2 N–H and O–H groups in total. The van der Waals surface area contributed by atoms with Crippen LogP contribution in [0, 0.1) is 0 Å². The van der Waals surface area contributed by atoms with Crippen molar-refractivity contribution in [3.05, 3.63) is 36.3 Å². The number of rotatable bonds is 5. The van der Waals surface area contributed by atoms with E-state index < -0.39 is 0 Å². The van der Waals surface area contributed by atoms with Crippen LogP contribution >= 0.6 is 11.8 Å². The number of hydrogen-bond acceptors (Lipinski definition) is 4. The van der Waals surface area contributed by atoms with Gasteiger partial charge in [-0.2, -0.15) is 11.8 Å². The first-order chi connectivity index (χ1) is 10.3. The van der Waals surface area contributed by atoms with Gasteiger partial charge in [-0.25, -0.2) is 4.98 Å². The van der Waals surface area contributed by atoms with Crippen molar-refractivity contribution in [2.75, 3.05) is 24.6 Å². The lowest BCUT2D eigenvalue weighted by Crippen LogP contribution is -2.41. The predicted molar refractivity (Wildman–Crippen MR) is 85.6 cm³/mol. The van der Waals surface area contributed by atoms with E-state index in [0.717, 1.165) is 35.8 Å². The molecule has 0 bridgehead atoms. The summed E-state index contributed by atoms with van der Waals surface area (Å²) in [6.45, 7) is 1.65. The summed E-state index contributed by atoms with van der Waals surface area (Å²) in [6.07, 6.45) is 5.33. The fourth-order valence-corrected chi connectivity index (χ4v) is 3.43. The van der Waals surface area contributed by atoms with Gasteiger partial charge in [-0.1, -0.05) is 6.07 Å². The number of aromatic nitrogens is 2. The third kappa shape index (κ3) is 3.98. The molecule has 3 rings (SSSR count). The molecule has 1 aliphatic heterocycles. The molecule has 2 aromatic rings. The number of fused-ring (bicyclic) bond motifs is 1. The van der Waals surface area contributed by atoms with Gasteiger partial charge in [0.1, 0.15) is 5.65 Å². The van der Waals surface area contributed by atoms with Gasteiger partial charge >= 0.3 is 0 Å². The van der Waals surface area contributed by atoms with Gasteiger partial charge in [0.15, 0.2) is 0 Å². The summed E-state index contributed by atoms with van der Waals surface area (Å²) in [5.41, 5.74) is 1.95. The smallest absolute Gasteiger partial charge is 0.221 e. The fourth-order valence-electron chi connectivity index (χ4n) is 2.48. The highest BCUT2D eigenvalue weighted by atomic mass is 32.2. The van der Waals surface area contributed by atoms with Gasteiger partial charge in [0.2, 0.25) is 5.91 Å². The van der Waals surface area contributed by atoms with Crippen LogP contribution in [0.2, 0.25) is 0 Å². The van der Waals surface area contributed by atoms with E-state index in [4.69, 9.17) is 0 Å². The van der Waals surface area contributed by atoms with Gasteiger partial charge < -0.3 is 15.0 Å². The predicted octanol–water partition coefficient (Wildman–Crippen LogP) is 1.09. The fraction of sp³-hybridized carbons (Fsp3) is 0.467. The standard InChI is InChI=1S/C15H20N4OS/c20-15(9-13-11-21-8-6-16-13)17-5-4-12-10-19-7-2-1-3-14(19)18-12/h1-3,7,10,13,16H,4-6,8-9,11H2,(H,17,20). The lowest BCUT2D eigenvalue weighted by molar-refractivity contribution is -0.121. The molecule has 2 aromatic heterocycles. The SMILES string of the molecule is O=C(CC1CSCCN1)NCCc1cn2ccccc2n1. The summed E-state index contributed by atoms with van der Waals surface area (Å²) in [5.74, 6) is 2.30. The molecule has 112 valence electrons. The summed E-state index contributed by atoms with van der Waals surface area (Å²) in [5, 5.41) is 6.36. The Labute approximate surface area is 128 Å². The summed E-state index contributed by atoms with van der Waals surface area (Å²) in [6, 6.07) is 6.26. The van der Waals surface area contributed by atoms with Crippen molar-refractivity contribution < 1.29 is 4.79 Å². The third-order valence-electron chi connectivity index (χ3n) is 3.55. The molecular formula is C15H20N4OS. The van der Waals surface area contributed by atoms with Crippen LogP contribution < -0.4 is 10.6 Å². The largest absolute Gasteiger partial charge is 0.356 e. The minimum atomic E-state index is 0.124. The normalized spacial score (nSPS) is 18.8. The van der Waals surface area contributed by atoms with Crippen LogP contribution in [0.15, 0.2) is 30.6 Å². The number of amides is 1. The van der Waals surface area contributed by atoms with Crippen molar-refractivity contribution in [1.29, 1.82) is 0 Å². The molecule has 0 saturated carbocycles. The summed E-state index contributed by atoms with van der Waals surface area (Å²) >= 11 is 1.91. The van der Waals surface area contributed by atoms with Crippen molar-refractivity contribution in [2.24, 2.45) is 0 Å². The Morgan fingerprint density at radius 1 is 1.52 bits per heavy atom. The van der Waals surface area contributed by atoms with Gasteiger partial charge in [0.25, 0.3) is 0 Å². The van der Waals surface area contributed by atoms with E-state index in [0.29, 0.717) is 19.0 Å². The second kappa shape index (κ2) is 6.95. The second-order valence-corrected chi connectivity index (χ2v) is 6.38. The molecule has 5 nitrogen and oxygen atoms in total. The summed E-state index contributed by atoms with van der Waals surface area (Å²) in [4.78, 5) is 16.4. The van der Waals surface area contributed by atoms with Crippen LogP contribution in [-0.4, -0.2) is 45.9 Å². The van der Waals surface area contributed by atoms with E-state index in [2.05, 4.69) is 15.6 Å². The van der Waals surface area contributed by atoms with Crippen LogP contribution in [0.1, 0.15) is 12.1 Å². The minimum Gasteiger partial charge on any atom is -0.356 e. The van der Waals surface area contributed by atoms with Crippen LogP contribution in [0.25, 0.3) is 5.65 Å². The zero-order valence-electron chi connectivity index (χ0n) is 11.9. The third-order valence-corrected chi connectivity index (χ3v) is 4.68. The highest BCUT2D eigenvalue weighted by Gasteiger charge is 2.16. The van der Waals surface area contributed by atoms with Crippen molar-refractivity contribution >= 4 is 23.3 Å². The molecular weight excluding hydrogens is 284 g/mol. The Kier molecular flexibility index (Phi) is 4.77. The van der Waals surface area contributed by atoms with Gasteiger partial charge in [-0.15, -0.1) is 0 Å². The van der Waals surface area contributed by atoms with E-state index >= 15 is 0 Å². The zero-order valence-corrected chi connectivity index (χ0v) is 12.7. The number of carbonyl (C=O) groups excluding carboxylic acids is 1. The summed E-state index contributed by atoms with van der Waals surface area (Å²) < 4.78 is 2.00. The molecule has 3 heterocycles. The topological polar surface area (TPSA) is 58.4 Å². The number of thioether (sulfide) groups is 1. The Balaban J connectivity index is 1.43. The molecule has 0 aliphatic carbocycles. The van der Waals surface area contributed by atoms with E-state index in [9.17, 15) is 4.79 Å². The summed E-state index contributed by atoms with van der Waals surface area (Å²) in [7, 11) is 0. The molecule has 0 aromatic carbocycles. The first-order valence-electron chi connectivity index (χ1n) is 7.32. The quantitative estimate of drug-likeness (QED) is 0.868. The monoisotopic (exact) mass is 304 g/mol. The maximum atomic E-state index is 11.9. The molecule has 0 radical (unpaired) electrons. The maximum absolute atomic E-state index is 11.9. The average Bonchev–Trinajstić information content (AvgIpc) is 2.91. The molecule has 1 aliphatic rings. The van der Waals surface area contributed by atoms with Gasteiger partial charge in [0.05, 0.1) is 5.69 Å². The Morgan fingerprint density at radius 3 is 3.29 bits per heavy atom. The zero-order chi connectivity index (χ0) is 14.5. The first kappa shape index (κ1) is 14.4. The Bertz CT molecular complexity index is 573. The lowest BCUT2D eigenvalue weighted by atomic mass is 10.2. The maximum Gasteiger partial charge on any atom is 0.221 e. The average molecular weight is 304 g/mol. The highest BCUT2D eigenvalue weighted by Crippen LogP contribution is 2.10. The van der Waals surface area contributed by atoms with E-state index in [1.807, 2.05) is 46.8 Å². The Morgan fingerprint density at radius 2 is 2.48 bits per heavy atom. The molecule has 21 heavy (non-hydrogen) atoms. The molecule has 1 amide bonds. The van der Waals surface area contributed by atoms with Gasteiger partial charge in [0, 0.05) is 55.9 Å². The van der Waals surface area contributed by atoms with Crippen molar-refractivity contribution in [3.8, 4) is 0 Å². The number of pyridine rings is 1. The van der Waals surface area contributed by atoms with Crippen molar-refractivity contribution in [1.82, 2.24) is 20.0 Å². The van der Waals surface area contributed by atoms with E-state index in [-0.39, 0.29) is 5.91 Å². The van der Waals surface area contributed by atoms with E-state index in [1.54, 1.807) is 0 Å². The molecule has 1 fully saturated rings. The van der Waals surface area contributed by atoms with Crippen LogP contribution in [0.5, 0.6) is 0 Å². The van der Waals surface area contributed by atoms with E-state index in [1.165, 1.54) is 0 Å². The molecule has 6 heteroatoms. The van der Waals surface area contributed by atoms with Crippen molar-refractivity contribution in [2.45, 2.75) is 18.9 Å². The lowest BCUT2D eigenvalue weighted by Gasteiger charge is -2.22. The molecule has 1 atom stereocenters. The van der Waals surface area contributed by atoms with Crippen LogP contribution in [0.4, 0.5) is 0 Å². The molecule has 1 unspecified atom stereocenters. The second-order valence-electron chi connectivity index (χ2n) is 5.23. The number of hydrogen-bond donors (Lipinski definition) is 2. The first-order valence-corrected chi connectivity index (χ1v) is 8.47. The van der Waals surface area contributed by atoms with Gasteiger partial charge in [-0.3, -0.25) is 4.79 Å².